The highest BCUT2D eigenvalue weighted by molar-refractivity contribution is 6.31. The summed E-state index contributed by atoms with van der Waals surface area (Å²) >= 11 is 6.15. The van der Waals surface area contributed by atoms with Crippen LogP contribution in [0.15, 0.2) is 48.8 Å². The van der Waals surface area contributed by atoms with Crippen molar-refractivity contribution in [2.75, 3.05) is 17.7 Å². The summed E-state index contributed by atoms with van der Waals surface area (Å²) in [6.07, 6.45) is 1.26. The third-order valence-electron chi connectivity index (χ3n) is 4.02. The first-order valence-electron chi connectivity index (χ1n) is 8.38. The molecule has 0 fully saturated rings. The van der Waals surface area contributed by atoms with Crippen molar-refractivity contribution in [2.24, 2.45) is 0 Å². The Morgan fingerprint density at radius 1 is 1.18 bits per heavy atom. The second-order valence-electron chi connectivity index (χ2n) is 5.95. The predicted molar refractivity (Wildman–Crippen MR) is 108 cm³/mol. The number of nitrogens with zero attached hydrogens (tertiary/aromatic N) is 3. The Bertz CT molecular complexity index is 1010. The SMILES string of the molecule is COc1ccc(C)cc1Nc1ncnc(NCc2ccccc2Cl)c1[N+](=O)[O-]. The van der Waals surface area contributed by atoms with Gasteiger partial charge in [-0.05, 0) is 36.2 Å². The van der Waals surface area contributed by atoms with E-state index >= 15 is 0 Å². The van der Waals surface area contributed by atoms with Crippen LogP contribution in [0.2, 0.25) is 5.02 Å². The van der Waals surface area contributed by atoms with E-state index in [0.29, 0.717) is 16.5 Å². The van der Waals surface area contributed by atoms with Crippen molar-refractivity contribution < 1.29 is 9.66 Å². The molecule has 28 heavy (non-hydrogen) atoms. The molecule has 0 unspecified atom stereocenters. The van der Waals surface area contributed by atoms with Gasteiger partial charge >= 0.3 is 5.69 Å². The molecule has 0 aliphatic heterocycles. The van der Waals surface area contributed by atoms with Crippen molar-refractivity contribution >= 4 is 34.6 Å². The predicted octanol–water partition coefficient (Wildman–Crippen LogP) is 4.71. The summed E-state index contributed by atoms with van der Waals surface area (Å²) in [6.45, 7) is 2.19. The number of anilines is 3. The number of nitrogens with one attached hydrogen (secondary N) is 2. The lowest BCUT2D eigenvalue weighted by atomic mass is 10.2. The fraction of sp³-hybridized carbons (Fsp3) is 0.158. The zero-order chi connectivity index (χ0) is 20.1. The van der Waals surface area contributed by atoms with Crippen LogP contribution in [0, 0.1) is 17.0 Å². The number of rotatable bonds is 7. The molecule has 9 heteroatoms. The highest BCUT2D eigenvalue weighted by Gasteiger charge is 2.24. The summed E-state index contributed by atoms with van der Waals surface area (Å²) in [7, 11) is 1.53. The number of nitro groups is 1. The summed E-state index contributed by atoms with van der Waals surface area (Å²) in [4.78, 5) is 19.3. The van der Waals surface area contributed by atoms with Crippen LogP contribution < -0.4 is 15.4 Å². The van der Waals surface area contributed by atoms with Gasteiger partial charge in [-0.2, -0.15) is 0 Å². The number of methoxy groups -OCH3 is 1. The van der Waals surface area contributed by atoms with Crippen LogP contribution in [0.5, 0.6) is 5.75 Å². The molecule has 0 aliphatic carbocycles. The van der Waals surface area contributed by atoms with Crippen LogP contribution in [-0.2, 0) is 6.54 Å². The van der Waals surface area contributed by atoms with Gasteiger partial charge in [-0.1, -0.05) is 35.9 Å². The van der Waals surface area contributed by atoms with Gasteiger partial charge in [0.25, 0.3) is 0 Å². The molecule has 0 radical (unpaired) electrons. The summed E-state index contributed by atoms with van der Waals surface area (Å²) in [6, 6.07) is 12.7. The first-order chi connectivity index (χ1) is 13.5. The van der Waals surface area contributed by atoms with Crippen molar-refractivity contribution in [2.45, 2.75) is 13.5 Å². The Balaban J connectivity index is 1.93. The highest BCUT2D eigenvalue weighted by atomic mass is 35.5. The maximum Gasteiger partial charge on any atom is 0.353 e. The fourth-order valence-corrected chi connectivity index (χ4v) is 2.84. The van der Waals surface area contributed by atoms with Gasteiger partial charge in [0.1, 0.15) is 12.1 Å². The molecule has 1 heterocycles. The molecule has 2 N–H and O–H groups in total. The van der Waals surface area contributed by atoms with E-state index in [1.807, 2.05) is 37.3 Å². The van der Waals surface area contributed by atoms with Crippen LogP contribution >= 0.6 is 11.6 Å². The van der Waals surface area contributed by atoms with Gasteiger partial charge in [-0.25, -0.2) is 9.97 Å². The molecule has 0 bridgehead atoms. The Hall–Kier alpha value is -3.39. The number of ether oxygens (including phenoxy) is 1. The number of aryl methyl sites for hydroxylation is 1. The second kappa shape index (κ2) is 8.53. The topological polar surface area (TPSA) is 102 Å². The summed E-state index contributed by atoms with van der Waals surface area (Å²) in [5.74, 6) is 0.698. The zero-order valence-corrected chi connectivity index (χ0v) is 16.0. The monoisotopic (exact) mass is 399 g/mol. The lowest BCUT2D eigenvalue weighted by molar-refractivity contribution is -0.383. The third-order valence-corrected chi connectivity index (χ3v) is 4.39. The molecule has 0 aliphatic rings. The van der Waals surface area contributed by atoms with E-state index in [-0.39, 0.29) is 23.9 Å². The van der Waals surface area contributed by atoms with E-state index in [9.17, 15) is 10.1 Å². The minimum atomic E-state index is -0.528. The Morgan fingerprint density at radius 2 is 1.93 bits per heavy atom. The second-order valence-corrected chi connectivity index (χ2v) is 6.36. The largest absolute Gasteiger partial charge is 0.495 e. The standard InChI is InChI=1S/C19H18ClN5O3/c1-12-7-8-16(28-2)15(9-12)24-19-17(25(26)27)18(22-11-23-19)21-10-13-5-3-4-6-14(13)20/h3-9,11H,10H2,1-2H3,(H2,21,22,23,24). The number of aromatic nitrogens is 2. The van der Waals surface area contributed by atoms with Crippen molar-refractivity contribution in [3.8, 4) is 5.75 Å². The summed E-state index contributed by atoms with van der Waals surface area (Å²) < 4.78 is 5.32. The van der Waals surface area contributed by atoms with E-state index in [2.05, 4.69) is 20.6 Å². The molecule has 0 amide bonds. The Kier molecular flexibility index (Phi) is 5.90. The minimum Gasteiger partial charge on any atom is -0.495 e. The fourth-order valence-electron chi connectivity index (χ4n) is 2.64. The van der Waals surface area contributed by atoms with Gasteiger partial charge in [0.2, 0.25) is 11.6 Å². The number of benzene rings is 2. The van der Waals surface area contributed by atoms with Gasteiger partial charge in [-0.15, -0.1) is 0 Å². The van der Waals surface area contributed by atoms with E-state index in [1.54, 1.807) is 12.1 Å². The first-order valence-corrected chi connectivity index (χ1v) is 8.75. The van der Waals surface area contributed by atoms with Crippen LogP contribution in [0.4, 0.5) is 23.0 Å². The average molecular weight is 400 g/mol. The van der Waals surface area contributed by atoms with Crippen molar-refractivity contribution in [1.82, 2.24) is 9.97 Å². The van der Waals surface area contributed by atoms with Crippen LogP contribution in [0.25, 0.3) is 0 Å². The van der Waals surface area contributed by atoms with Gasteiger partial charge in [-0.3, -0.25) is 10.1 Å². The van der Waals surface area contributed by atoms with Crippen LogP contribution in [-0.4, -0.2) is 22.0 Å². The van der Waals surface area contributed by atoms with Crippen LogP contribution in [0.1, 0.15) is 11.1 Å². The van der Waals surface area contributed by atoms with E-state index in [4.69, 9.17) is 16.3 Å². The molecule has 3 rings (SSSR count). The molecule has 0 saturated carbocycles. The van der Waals surface area contributed by atoms with Gasteiger partial charge in [0, 0.05) is 11.6 Å². The maximum absolute atomic E-state index is 11.7. The van der Waals surface area contributed by atoms with E-state index in [1.165, 1.54) is 13.4 Å². The first kappa shape index (κ1) is 19.4. The zero-order valence-electron chi connectivity index (χ0n) is 15.3. The van der Waals surface area contributed by atoms with Crippen molar-refractivity contribution in [3.63, 3.8) is 0 Å². The number of halogens is 1. The number of hydrogen-bond donors (Lipinski definition) is 2. The average Bonchev–Trinajstić information content (AvgIpc) is 2.67. The minimum absolute atomic E-state index is 0.0607. The molecule has 1 aromatic heterocycles. The molecule has 0 saturated heterocycles. The molecule has 8 nitrogen and oxygen atoms in total. The highest BCUT2D eigenvalue weighted by Crippen LogP contribution is 2.35. The normalized spacial score (nSPS) is 10.4. The van der Waals surface area contributed by atoms with Gasteiger partial charge in [0.05, 0.1) is 17.7 Å². The van der Waals surface area contributed by atoms with Crippen molar-refractivity contribution in [3.05, 3.63) is 75.1 Å². The summed E-state index contributed by atoms with van der Waals surface area (Å²) in [5, 5.41) is 18.2. The van der Waals surface area contributed by atoms with Gasteiger partial charge in [0.15, 0.2) is 0 Å². The maximum atomic E-state index is 11.7. The molecule has 3 aromatic rings. The van der Waals surface area contributed by atoms with E-state index < -0.39 is 4.92 Å². The molecule has 2 aromatic carbocycles. The third kappa shape index (κ3) is 4.29. The molecular weight excluding hydrogens is 382 g/mol. The molecule has 0 atom stereocenters. The van der Waals surface area contributed by atoms with Crippen LogP contribution in [0.3, 0.4) is 0 Å². The molecule has 144 valence electrons. The van der Waals surface area contributed by atoms with E-state index in [0.717, 1.165) is 11.1 Å². The van der Waals surface area contributed by atoms with Crippen molar-refractivity contribution in [1.29, 1.82) is 0 Å². The molecular formula is C19H18ClN5O3. The molecule has 0 spiro atoms. The summed E-state index contributed by atoms with van der Waals surface area (Å²) in [5.41, 5.74) is 2.07. The smallest absolute Gasteiger partial charge is 0.353 e. The Morgan fingerprint density at radius 3 is 2.64 bits per heavy atom. The van der Waals surface area contributed by atoms with Gasteiger partial charge < -0.3 is 15.4 Å². The lowest BCUT2D eigenvalue weighted by Gasteiger charge is -2.13. The Labute approximate surface area is 166 Å². The lowest BCUT2D eigenvalue weighted by Crippen LogP contribution is -2.08. The number of hydrogen-bond acceptors (Lipinski definition) is 7. The quantitative estimate of drug-likeness (QED) is 0.438.